The van der Waals surface area contributed by atoms with Crippen molar-refractivity contribution in [3.8, 4) is 0 Å². The number of benzene rings is 2. The van der Waals surface area contributed by atoms with E-state index in [2.05, 4.69) is 0 Å². The molecule has 2 aromatic carbocycles. The third kappa shape index (κ3) is 2.47. The van der Waals surface area contributed by atoms with Crippen molar-refractivity contribution in [2.75, 3.05) is 0 Å². The monoisotopic (exact) mass is 390 g/mol. The van der Waals surface area contributed by atoms with E-state index in [1.54, 1.807) is 60.7 Å². The molecular formula is C13H11IO4S. The summed E-state index contributed by atoms with van der Waals surface area (Å²) >= 11 is -2.08. The summed E-state index contributed by atoms with van der Waals surface area (Å²) < 4.78 is 43.3. The average Bonchev–Trinajstić information content (AvgIpc) is 2.41. The number of alkyl halides is 1. The van der Waals surface area contributed by atoms with Gasteiger partial charge in [0.15, 0.2) is 21.2 Å². The fourth-order valence-electron chi connectivity index (χ4n) is 1.90. The van der Waals surface area contributed by atoms with E-state index in [-0.39, 0.29) is 0 Å². The van der Waals surface area contributed by atoms with Gasteiger partial charge in [0.1, 0.15) is 0 Å². The predicted octanol–water partition coefficient (Wildman–Crippen LogP) is 3.09. The van der Waals surface area contributed by atoms with Gasteiger partial charge in [-0.2, -0.15) is 8.42 Å². The van der Waals surface area contributed by atoms with Crippen LogP contribution in [0.1, 0.15) is 11.1 Å². The van der Waals surface area contributed by atoms with E-state index in [1.165, 1.54) is 0 Å². The van der Waals surface area contributed by atoms with Gasteiger partial charge in [-0.1, -0.05) is 60.7 Å². The summed E-state index contributed by atoms with van der Waals surface area (Å²) in [6.45, 7) is 0. The van der Waals surface area contributed by atoms with Crippen molar-refractivity contribution >= 4 is 31.3 Å². The Balaban J connectivity index is 2.82. The van der Waals surface area contributed by atoms with Crippen LogP contribution in [0.15, 0.2) is 60.7 Å². The highest BCUT2D eigenvalue weighted by molar-refractivity contribution is 14.1. The third-order valence-corrected chi connectivity index (χ3v) is 7.89. The maximum Gasteiger partial charge on any atom is 0.291 e. The normalized spacial score (nSPS) is 12.3. The van der Waals surface area contributed by atoms with E-state index in [0.717, 1.165) is 0 Å². The molecular weight excluding hydrogens is 379 g/mol. The lowest BCUT2D eigenvalue weighted by Gasteiger charge is -2.24. The Morgan fingerprint density at radius 1 is 0.842 bits per heavy atom. The maximum atomic E-state index is 11.9. The highest BCUT2D eigenvalue weighted by Crippen LogP contribution is 2.46. The molecule has 2 rings (SSSR count). The minimum Gasteiger partial charge on any atom is -0.284 e. The lowest BCUT2D eigenvalue weighted by molar-refractivity contribution is 0.472. The van der Waals surface area contributed by atoms with Crippen LogP contribution in [0.2, 0.25) is 0 Å². The van der Waals surface area contributed by atoms with Crippen molar-refractivity contribution < 1.29 is 16.0 Å². The summed E-state index contributed by atoms with van der Waals surface area (Å²) in [4.78, 5) is 0. The number of halogens is 1. The van der Waals surface area contributed by atoms with Crippen LogP contribution in [-0.2, 0) is 15.9 Å². The smallest absolute Gasteiger partial charge is 0.284 e. The second kappa shape index (κ2) is 5.48. The van der Waals surface area contributed by atoms with Crippen LogP contribution in [-0.4, -0.2) is 13.0 Å². The molecule has 0 aliphatic heterocycles. The highest BCUT2D eigenvalue weighted by Gasteiger charge is 2.48. The van der Waals surface area contributed by atoms with Crippen molar-refractivity contribution in [1.29, 1.82) is 0 Å². The molecule has 0 bridgehead atoms. The van der Waals surface area contributed by atoms with Crippen molar-refractivity contribution in [2.45, 2.75) is 2.75 Å². The van der Waals surface area contributed by atoms with Crippen molar-refractivity contribution in [3.63, 3.8) is 0 Å². The van der Waals surface area contributed by atoms with Gasteiger partial charge in [-0.15, -0.1) is 0 Å². The van der Waals surface area contributed by atoms with Gasteiger partial charge in [0.25, 0.3) is 10.1 Å². The Morgan fingerprint density at radius 2 is 1.21 bits per heavy atom. The van der Waals surface area contributed by atoms with Crippen molar-refractivity contribution in [2.24, 2.45) is 0 Å². The van der Waals surface area contributed by atoms with E-state index >= 15 is 0 Å². The first-order valence-electron chi connectivity index (χ1n) is 5.38. The van der Waals surface area contributed by atoms with Crippen LogP contribution in [0.5, 0.6) is 0 Å². The zero-order valence-electron chi connectivity index (χ0n) is 9.73. The summed E-state index contributed by atoms with van der Waals surface area (Å²) in [6.07, 6.45) is 0. The molecule has 6 heteroatoms. The molecule has 0 aliphatic rings. The molecule has 4 nitrogen and oxygen atoms in total. The summed E-state index contributed by atoms with van der Waals surface area (Å²) in [5, 5.41) is 0. The van der Waals surface area contributed by atoms with Gasteiger partial charge in [0, 0.05) is 0 Å². The fourth-order valence-corrected chi connectivity index (χ4v) is 4.76. The van der Waals surface area contributed by atoms with Gasteiger partial charge < -0.3 is 0 Å². The predicted molar refractivity (Wildman–Crippen MR) is 79.9 cm³/mol. The van der Waals surface area contributed by atoms with Crippen LogP contribution < -0.4 is 0 Å². The van der Waals surface area contributed by atoms with Crippen LogP contribution in [0.4, 0.5) is 0 Å². The van der Waals surface area contributed by atoms with Gasteiger partial charge in [0.2, 0.25) is 2.75 Å². The van der Waals surface area contributed by atoms with Crippen LogP contribution >= 0.6 is 21.2 Å². The van der Waals surface area contributed by atoms with Crippen LogP contribution in [0, 0.1) is 0 Å². The molecule has 0 heterocycles. The first-order valence-corrected chi connectivity index (χ1v) is 8.78. The first-order chi connectivity index (χ1) is 9.02. The Bertz CT molecular complexity index is 629. The lowest BCUT2D eigenvalue weighted by Crippen LogP contribution is -2.30. The minimum absolute atomic E-state index is 0.312. The summed E-state index contributed by atoms with van der Waals surface area (Å²) in [5.41, 5.74) is 0.623. The molecule has 0 radical (unpaired) electrons. The van der Waals surface area contributed by atoms with E-state index in [9.17, 15) is 16.0 Å². The quantitative estimate of drug-likeness (QED) is 0.495. The van der Waals surface area contributed by atoms with Gasteiger partial charge in [-0.3, -0.25) is 7.62 Å². The second-order valence-electron chi connectivity index (χ2n) is 3.88. The van der Waals surface area contributed by atoms with E-state index in [4.69, 9.17) is 0 Å². The molecule has 0 saturated carbocycles. The standard InChI is InChI=1S/C13H11IO4S/c15-14-13(19(16,17)18,11-7-3-1-4-8-11)12-9-5-2-6-10-12/h1-10H,(H,16,17,18). The largest absolute Gasteiger partial charge is 0.291 e. The second-order valence-corrected chi connectivity index (χ2v) is 8.23. The molecule has 0 aliphatic carbocycles. The molecule has 2 aromatic rings. The molecule has 0 saturated heterocycles. The van der Waals surface area contributed by atoms with Gasteiger partial charge in [-0.25, -0.2) is 0 Å². The number of rotatable bonds is 4. The Hall–Kier alpha value is -1.12. The number of hydrogen-bond donors (Lipinski definition) is 1. The molecule has 0 spiro atoms. The number of hydrogen-bond acceptors (Lipinski definition) is 3. The van der Waals surface area contributed by atoms with Crippen LogP contribution in [0.25, 0.3) is 0 Å². The SMILES string of the molecule is O=IC(c1ccccc1)(c1ccccc1)S(=O)(=O)O. The van der Waals surface area contributed by atoms with Gasteiger partial charge in [-0.05, 0) is 11.1 Å². The molecule has 0 aromatic heterocycles. The Labute approximate surface area is 121 Å². The zero-order valence-corrected chi connectivity index (χ0v) is 12.7. The van der Waals surface area contributed by atoms with Gasteiger partial charge in [0.05, 0.1) is 0 Å². The topological polar surface area (TPSA) is 71.4 Å². The average molecular weight is 390 g/mol. The fraction of sp³-hybridized carbons (Fsp3) is 0.0769. The first kappa shape index (κ1) is 14.3. The molecule has 100 valence electrons. The molecule has 0 unspecified atom stereocenters. The summed E-state index contributed by atoms with van der Waals surface area (Å²) in [7, 11) is -4.55. The lowest BCUT2D eigenvalue weighted by atomic mass is 10.0. The van der Waals surface area contributed by atoms with E-state index in [1.807, 2.05) is 0 Å². The van der Waals surface area contributed by atoms with Crippen molar-refractivity contribution in [3.05, 3.63) is 71.8 Å². The Kier molecular flexibility index (Phi) is 4.12. The highest BCUT2D eigenvalue weighted by atomic mass is 127. The summed E-state index contributed by atoms with van der Waals surface area (Å²) in [5.74, 6) is 0. The van der Waals surface area contributed by atoms with Gasteiger partial charge >= 0.3 is 0 Å². The summed E-state index contributed by atoms with van der Waals surface area (Å²) in [6, 6.07) is 16.3. The molecule has 0 fully saturated rings. The maximum absolute atomic E-state index is 11.9. The molecule has 1 N–H and O–H groups in total. The molecule has 19 heavy (non-hydrogen) atoms. The van der Waals surface area contributed by atoms with E-state index < -0.39 is 34.1 Å². The molecule has 0 amide bonds. The Morgan fingerprint density at radius 3 is 1.47 bits per heavy atom. The van der Waals surface area contributed by atoms with E-state index in [0.29, 0.717) is 11.1 Å². The third-order valence-electron chi connectivity index (χ3n) is 2.75. The molecule has 0 atom stereocenters. The van der Waals surface area contributed by atoms with Crippen molar-refractivity contribution in [1.82, 2.24) is 0 Å². The minimum atomic E-state index is -4.55. The van der Waals surface area contributed by atoms with Crippen LogP contribution in [0.3, 0.4) is 0 Å². The zero-order chi connectivity index (χ0) is 13.9.